The molecule has 0 saturated heterocycles. The number of hydrogen-bond donors (Lipinski definition) is 0. The molecule has 0 aliphatic heterocycles. The SMILES string of the molecule is C=C(C)O/C(C)=C\C.CC.Cc1ccccc1C(F)(F)F. The Balaban J connectivity index is 0. The molecule has 0 radical (unpaired) electrons. The first-order valence-corrected chi connectivity index (χ1v) is 6.77. The van der Waals surface area contributed by atoms with Gasteiger partial charge in [0.05, 0.1) is 17.1 Å². The second-order valence-corrected chi connectivity index (χ2v) is 4.02. The average molecular weight is 302 g/mol. The molecule has 1 rings (SSSR count). The molecule has 21 heavy (non-hydrogen) atoms. The molecule has 0 aromatic heterocycles. The summed E-state index contributed by atoms with van der Waals surface area (Å²) in [4.78, 5) is 0. The first kappa shape index (κ1) is 21.6. The average Bonchev–Trinajstić information content (AvgIpc) is 2.40. The third-order valence-corrected chi connectivity index (χ3v) is 2.19. The lowest BCUT2D eigenvalue weighted by Crippen LogP contribution is -2.06. The summed E-state index contributed by atoms with van der Waals surface area (Å²) in [7, 11) is 0. The Labute approximate surface area is 126 Å². The van der Waals surface area contributed by atoms with Gasteiger partial charge in [0, 0.05) is 0 Å². The van der Waals surface area contributed by atoms with E-state index in [9.17, 15) is 13.2 Å². The van der Waals surface area contributed by atoms with Crippen molar-refractivity contribution in [2.24, 2.45) is 0 Å². The molecule has 0 heterocycles. The molecule has 0 unspecified atom stereocenters. The van der Waals surface area contributed by atoms with Crippen molar-refractivity contribution in [2.45, 2.75) is 47.7 Å². The molecular weight excluding hydrogens is 277 g/mol. The minimum Gasteiger partial charge on any atom is -0.468 e. The number of aryl methyl sites for hydroxylation is 1. The quantitative estimate of drug-likeness (QED) is 0.566. The van der Waals surface area contributed by atoms with E-state index in [0.29, 0.717) is 0 Å². The molecule has 0 fully saturated rings. The second-order valence-electron chi connectivity index (χ2n) is 4.02. The van der Waals surface area contributed by atoms with E-state index >= 15 is 0 Å². The number of alkyl halides is 3. The molecule has 120 valence electrons. The van der Waals surface area contributed by atoms with Crippen LogP contribution in [-0.4, -0.2) is 0 Å². The van der Waals surface area contributed by atoms with Crippen molar-refractivity contribution in [3.05, 3.63) is 59.6 Å². The summed E-state index contributed by atoms with van der Waals surface area (Å²) in [6, 6.07) is 5.50. The zero-order chi connectivity index (χ0) is 17.1. The molecule has 0 aliphatic carbocycles. The van der Waals surface area contributed by atoms with E-state index in [2.05, 4.69) is 6.58 Å². The van der Waals surface area contributed by atoms with Gasteiger partial charge in [0.15, 0.2) is 0 Å². The van der Waals surface area contributed by atoms with E-state index in [-0.39, 0.29) is 5.56 Å². The molecule has 1 aromatic rings. The smallest absolute Gasteiger partial charge is 0.416 e. The lowest BCUT2D eigenvalue weighted by molar-refractivity contribution is -0.138. The van der Waals surface area contributed by atoms with E-state index in [1.807, 2.05) is 40.7 Å². The van der Waals surface area contributed by atoms with Gasteiger partial charge in [0.2, 0.25) is 0 Å². The van der Waals surface area contributed by atoms with Crippen LogP contribution in [0.3, 0.4) is 0 Å². The van der Waals surface area contributed by atoms with E-state index < -0.39 is 11.7 Å². The summed E-state index contributed by atoms with van der Waals surface area (Å²) < 4.78 is 41.2. The number of hydrogen-bond acceptors (Lipinski definition) is 1. The second kappa shape index (κ2) is 11.0. The van der Waals surface area contributed by atoms with Crippen molar-refractivity contribution in [3.8, 4) is 0 Å². The van der Waals surface area contributed by atoms with Crippen molar-refractivity contribution in [1.82, 2.24) is 0 Å². The number of ether oxygens (including phenoxy) is 1. The molecule has 0 aliphatic rings. The van der Waals surface area contributed by atoms with Gasteiger partial charge < -0.3 is 4.74 Å². The minimum atomic E-state index is -4.22. The Morgan fingerprint density at radius 2 is 1.62 bits per heavy atom. The Bertz CT molecular complexity index is 446. The molecule has 0 spiro atoms. The van der Waals surface area contributed by atoms with Crippen molar-refractivity contribution in [1.29, 1.82) is 0 Å². The summed E-state index contributed by atoms with van der Waals surface area (Å²) in [5, 5.41) is 0. The van der Waals surface area contributed by atoms with E-state index in [0.717, 1.165) is 17.6 Å². The van der Waals surface area contributed by atoms with Crippen LogP contribution in [0.4, 0.5) is 13.2 Å². The molecule has 0 bridgehead atoms. The molecule has 0 amide bonds. The van der Waals surface area contributed by atoms with Gasteiger partial charge in [-0.1, -0.05) is 38.6 Å². The highest BCUT2D eigenvalue weighted by atomic mass is 19.4. The molecule has 0 atom stereocenters. The Morgan fingerprint density at radius 3 is 1.86 bits per heavy atom. The van der Waals surface area contributed by atoms with Crippen molar-refractivity contribution in [2.75, 3.05) is 0 Å². The van der Waals surface area contributed by atoms with Crippen LogP contribution in [0.1, 0.15) is 45.7 Å². The molecule has 4 heteroatoms. The highest BCUT2D eigenvalue weighted by molar-refractivity contribution is 5.27. The zero-order valence-corrected chi connectivity index (χ0v) is 13.6. The van der Waals surface area contributed by atoms with Gasteiger partial charge in [-0.25, -0.2) is 0 Å². The first-order chi connectivity index (χ1) is 9.68. The lowest BCUT2D eigenvalue weighted by Gasteiger charge is -2.08. The highest BCUT2D eigenvalue weighted by Crippen LogP contribution is 2.31. The fourth-order valence-corrected chi connectivity index (χ4v) is 1.22. The lowest BCUT2D eigenvalue weighted by atomic mass is 10.1. The Kier molecular flexibility index (Phi) is 11.3. The van der Waals surface area contributed by atoms with Crippen molar-refractivity contribution in [3.63, 3.8) is 0 Å². The predicted octanol–water partition coefficient (Wildman–Crippen LogP) is 6.50. The zero-order valence-electron chi connectivity index (χ0n) is 13.6. The van der Waals surface area contributed by atoms with E-state index in [1.54, 1.807) is 6.07 Å². The van der Waals surface area contributed by atoms with Crippen LogP contribution in [0.2, 0.25) is 0 Å². The molecular formula is C17H25F3O. The third kappa shape index (κ3) is 10.7. The fraction of sp³-hybridized carbons (Fsp3) is 0.412. The van der Waals surface area contributed by atoms with Gasteiger partial charge in [-0.15, -0.1) is 0 Å². The Hall–Kier alpha value is -1.71. The van der Waals surface area contributed by atoms with Crippen LogP contribution in [0.15, 0.2) is 48.4 Å². The maximum Gasteiger partial charge on any atom is 0.416 e. The largest absolute Gasteiger partial charge is 0.468 e. The van der Waals surface area contributed by atoms with Crippen LogP contribution < -0.4 is 0 Å². The molecule has 0 N–H and O–H groups in total. The van der Waals surface area contributed by atoms with Gasteiger partial charge in [-0.3, -0.25) is 0 Å². The normalized spacial score (nSPS) is 10.6. The summed E-state index contributed by atoms with van der Waals surface area (Å²) in [6.07, 6.45) is -2.32. The van der Waals surface area contributed by atoms with Crippen molar-refractivity contribution < 1.29 is 17.9 Å². The molecule has 0 saturated carbocycles. The number of benzene rings is 1. The maximum atomic E-state index is 12.0. The van der Waals surface area contributed by atoms with Crippen molar-refractivity contribution >= 4 is 0 Å². The van der Waals surface area contributed by atoms with E-state index in [1.165, 1.54) is 19.1 Å². The third-order valence-electron chi connectivity index (χ3n) is 2.19. The predicted molar refractivity (Wildman–Crippen MR) is 82.9 cm³/mol. The summed E-state index contributed by atoms with van der Waals surface area (Å²) in [5.41, 5.74) is -0.292. The van der Waals surface area contributed by atoms with Crippen LogP contribution >= 0.6 is 0 Å². The number of rotatable bonds is 2. The maximum absolute atomic E-state index is 12.0. The van der Waals surface area contributed by atoms with E-state index in [4.69, 9.17) is 4.74 Å². The minimum absolute atomic E-state index is 0.264. The summed E-state index contributed by atoms with van der Waals surface area (Å²) in [6.45, 7) is 14.7. The van der Waals surface area contributed by atoms with Gasteiger partial charge in [0.1, 0.15) is 0 Å². The van der Waals surface area contributed by atoms with Gasteiger partial charge in [-0.05, 0) is 45.4 Å². The van der Waals surface area contributed by atoms with Crippen LogP contribution in [0, 0.1) is 6.92 Å². The standard InChI is InChI=1S/C8H7F3.C7H12O.C2H6/c1-6-4-2-3-5-7(6)8(9,10)11;1-5-7(4)8-6(2)3;1-2/h2-5H,1H3;5H,2H2,1,3-4H3;1-2H3/b;7-5-;. The number of allylic oxidation sites excluding steroid dienone is 3. The van der Waals surface area contributed by atoms with Crippen LogP contribution in [0.5, 0.6) is 0 Å². The van der Waals surface area contributed by atoms with Gasteiger partial charge in [0.25, 0.3) is 0 Å². The van der Waals surface area contributed by atoms with Gasteiger partial charge in [-0.2, -0.15) is 13.2 Å². The monoisotopic (exact) mass is 302 g/mol. The topological polar surface area (TPSA) is 9.23 Å². The summed E-state index contributed by atoms with van der Waals surface area (Å²) >= 11 is 0. The summed E-state index contributed by atoms with van der Waals surface area (Å²) in [5.74, 6) is 1.64. The molecule has 1 nitrogen and oxygen atoms in total. The van der Waals surface area contributed by atoms with Crippen LogP contribution in [0.25, 0.3) is 0 Å². The molecule has 1 aromatic carbocycles. The number of halogens is 3. The first-order valence-electron chi connectivity index (χ1n) is 6.77. The van der Waals surface area contributed by atoms with Crippen LogP contribution in [-0.2, 0) is 10.9 Å². The van der Waals surface area contributed by atoms with Gasteiger partial charge >= 0.3 is 6.18 Å². The Morgan fingerprint density at radius 1 is 1.14 bits per heavy atom. The fourth-order valence-electron chi connectivity index (χ4n) is 1.22. The highest BCUT2D eigenvalue weighted by Gasteiger charge is 2.31.